The number of hydrogen-bond acceptors (Lipinski definition) is 4. The minimum atomic E-state index is -0.625. The van der Waals surface area contributed by atoms with Crippen LogP contribution in [0.15, 0.2) is 9.98 Å². The van der Waals surface area contributed by atoms with Crippen LogP contribution in [0.5, 0.6) is 0 Å². The molecule has 1 heterocycles. The van der Waals surface area contributed by atoms with Crippen LogP contribution in [0, 0.1) is 5.92 Å². The zero-order chi connectivity index (χ0) is 13.0. The average molecular weight is 334 g/mol. The highest BCUT2D eigenvalue weighted by molar-refractivity contribution is 9.11. The van der Waals surface area contributed by atoms with E-state index in [1.54, 1.807) is 11.3 Å². The van der Waals surface area contributed by atoms with Gasteiger partial charge in [-0.2, -0.15) is 0 Å². The predicted molar refractivity (Wildman–Crippen MR) is 76.8 cm³/mol. The first-order valence-corrected chi connectivity index (χ1v) is 8.21. The third-order valence-electron chi connectivity index (χ3n) is 3.77. The fourth-order valence-electron chi connectivity index (χ4n) is 2.84. The van der Waals surface area contributed by atoms with E-state index in [-0.39, 0.29) is 6.61 Å². The fourth-order valence-corrected chi connectivity index (χ4v) is 4.29. The number of aliphatic hydroxyl groups excluding tert-OH is 2. The number of hydrogen-bond donors (Lipinski definition) is 2. The summed E-state index contributed by atoms with van der Waals surface area (Å²) in [5.74, 6) is 0.904. The molecule has 5 heteroatoms. The van der Waals surface area contributed by atoms with E-state index in [1.807, 2.05) is 6.20 Å². The van der Waals surface area contributed by atoms with Gasteiger partial charge in [-0.3, -0.25) is 0 Å². The van der Waals surface area contributed by atoms with Crippen LogP contribution in [-0.4, -0.2) is 27.9 Å². The lowest BCUT2D eigenvalue weighted by atomic mass is 9.78. The lowest BCUT2D eigenvalue weighted by Crippen LogP contribution is -2.23. The van der Waals surface area contributed by atoms with Gasteiger partial charge in [0.1, 0.15) is 0 Å². The largest absolute Gasteiger partial charge is 0.394 e. The fraction of sp³-hybridized carbons (Fsp3) is 0.769. The Hall–Kier alpha value is 0.0300. The van der Waals surface area contributed by atoms with Crippen LogP contribution in [0.4, 0.5) is 0 Å². The van der Waals surface area contributed by atoms with Gasteiger partial charge in [-0.15, -0.1) is 11.3 Å². The van der Waals surface area contributed by atoms with Crippen LogP contribution in [0.3, 0.4) is 0 Å². The molecule has 2 unspecified atom stereocenters. The Morgan fingerprint density at radius 3 is 2.67 bits per heavy atom. The van der Waals surface area contributed by atoms with Gasteiger partial charge in [-0.1, -0.05) is 19.3 Å². The van der Waals surface area contributed by atoms with Crippen LogP contribution < -0.4 is 0 Å². The van der Waals surface area contributed by atoms with E-state index in [2.05, 4.69) is 20.9 Å². The lowest BCUT2D eigenvalue weighted by Gasteiger charge is -2.30. The van der Waals surface area contributed by atoms with Crippen molar-refractivity contribution in [1.82, 2.24) is 4.98 Å². The number of nitrogens with zero attached hydrogens (tertiary/aromatic N) is 1. The molecule has 1 aromatic rings. The van der Waals surface area contributed by atoms with Crippen LogP contribution in [0.1, 0.15) is 49.5 Å². The van der Waals surface area contributed by atoms with Crippen molar-refractivity contribution in [3.63, 3.8) is 0 Å². The van der Waals surface area contributed by atoms with Gasteiger partial charge in [0.15, 0.2) is 0 Å². The normalized spacial score (nSPS) is 20.8. The van der Waals surface area contributed by atoms with E-state index < -0.39 is 6.10 Å². The van der Waals surface area contributed by atoms with Gasteiger partial charge < -0.3 is 10.2 Å². The highest BCUT2D eigenvalue weighted by Crippen LogP contribution is 2.40. The second kappa shape index (κ2) is 6.98. The topological polar surface area (TPSA) is 53.4 Å². The van der Waals surface area contributed by atoms with Crippen molar-refractivity contribution in [3.8, 4) is 0 Å². The van der Waals surface area contributed by atoms with Gasteiger partial charge in [0.25, 0.3) is 0 Å². The molecule has 1 aromatic heterocycles. The van der Waals surface area contributed by atoms with Gasteiger partial charge in [0.2, 0.25) is 0 Å². The van der Waals surface area contributed by atoms with Gasteiger partial charge >= 0.3 is 0 Å². The van der Waals surface area contributed by atoms with E-state index in [0.717, 1.165) is 8.79 Å². The summed E-state index contributed by atoms with van der Waals surface area (Å²) < 4.78 is 1.04. The van der Waals surface area contributed by atoms with Crippen molar-refractivity contribution in [2.45, 2.75) is 50.5 Å². The van der Waals surface area contributed by atoms with Crippen molar-refractivity contribution < 1.29 is 10.2 Å². The lowest BCUT2D eigenvalue weighted by molar-refractivity contribution is 0.0731. The Kier molecular flexibility index (Phi) is 5.60. The number of rotatable bonds is 5. The summed E-state index contributed by atoms with van der Waals surface area (Å²) in [7, 11) is 0. The minimum Gasteiger partial charge on any atom is -0.394 e. The summed E-state index contributed by atoms with van der Waals surface area (Å²) in [5.41, 5.74) is 0. The number of aromatic nitrogens is 1. The van der Waals surface area contributed by atoms with E-state index in [0.29, 0.717) is 18.3 Å². The number of halogens is 1. The van der Waals surface area contributed by atoms with Gasteiger partial charge in [-0.05, 0) is 41.1 Å². The maximum Gasteiger partial charge on any atom is 0.0971 e. The van der Waals surface area contributed by atoms with Crippen LogP contribution in [-0.2, 0) is 0 Å². The first kappa shape index (κ1) is 14.4. The predicted octanol–water partition coefficient (Wildman–Crippen LogP) is 3.31. The van der Waals surface area contributed by atoms with Crippen LogP contribution in [0.25, 0.3) is 0 Å². The minimum absolute atomic E-state index is 0.157. The smallest absolute Gasteiger partial charge is 0.0971 e. The third kappa shape index (κ3) is 3.76. The van der Waals surface area contributed by atoms with Crippen molar-refractivity contribution in [3.05, 3.63) is 15.0 Å². The first-order valence-electron chi connectivity index (χ1n) is 6.61. The highest BCUT2D eigenvalue weighted by Gasteiger charge is 2.29. The van der Waals surface area contributed by atoms with E-state index in [1.165, 1.54) is 32.1 Å². The van der Waals surface area contributed by atoms with Gasteiger partial charge in [0, 0.05) is 5.92 Å². The molecule has 2 rings (SSSR count). The Balaban J connectivity index is 2.11. The van der Waals surface area contributed by atoms with E-state index in [9.17, 15) is 5.11 Å². The maximum absolute atomic E-state index is 9.74. The zero-order valence-corrected chi connectivity index (χ0v) is 12.8. The van der Waals surface area contributed by atoms with E-state index in [4.69, 9.17) is 5.11 Å². The van der Waals surface area contributed by atoms with Crippen molar-refractivity contribution in [1.29, 1.82) is 0 Å². The Labute approximate surface area is 120 Å². The molecular weight excluding hydrogens is 314 g/mol. The third-order valence-corrected chi connectivity index (χ3v) is 5.38. The second-order valence-electron chi connectivity index (χ2n) is 5.08. The molecule has 3 nitrogen and oxygen atoms in total. The standard InChI is InChI=1S/C13H20BrNO2S/c14-12-7-15-13(18-12)11(6-10(17)8-16)9-4-2-1-3-5-9/h7,9-11,16-17H,1-6,8H2. The van der Waals surface area contributed by atoms with Crippen molar-refractivity contribution in [2.24, 2.45) is 5.92 Å². The molecule has 102 valence electrons. The van der Waals surface area contributed by atoms with Crippen LogP contribution >= 0.6 is 27.3 Å². The second-order valence-corrected chi connectivity index (χ2v) is 7.52. The Morgan fingerprint density at radius 2 is 2.11 bits per heavy atom. The molecule has 1 aliphatic carbocycles. The number of aliphatic hydroxyl groups is 2. The molecule has 0 aromatic carbocycles. The molecule has 1 fully saturated rings. The first-order chi connectivity index (χ1) is 8.70. The summed E-state index contributed by atoms with van der Waals surface area (Å²) in [5, 5.41) is 19.9. The molecule has 0 aliphatic heterocycles. The van der Waals surface area contributed by atoms with Crippen molar-refractivity contribution >= 4 is 27.3 Å². The van der Waals surface area contributed by atoms with E-state index >= 15 is 0 Å². The summed E-state index contributed by atoms with van der Waals surface area (Å²) in [6.07, 6.45) is 8.17. The average Bonchev–Trinajstić information content (AvgIpc) is 2.83. The molecular formula is C13H20BrNO2S. The SMILES string of the molecule is OCC(O)CC(c1ncc(Br)s1)C1CCCCC1. The monoisotopic (exact) mass is 333 g/mol. The van der Waals surface area contributed by atoms with Crippen molar-refractivity contribution in [2.75, 3.05) is 6.61 Å². The molecule has 0 radical (unpaired) electrons. The highest BCUT2D eigenvalue weighted by atomic mass is 79.9. The molecule has 2 N–H and O–H groups in total. The molecule has 0 amide bonds. The summed E-state index contributed by atoms with van der Waals surface area (Å²) in [4.78, 5) is 4.46. The molecule has 1 saturated carbocycles. The summed E-state index contributed by atoms with van der Waals surface area (Å²) in [6, 6.07) is 0. The zero-order valence-electron chi connectivity index (χ0n) is 10.4. The molecule has 2 atom stereocenters. The quantitative estimate of drug-likeness (QED) is 0.869. The number of thiazole rings is 1. The summed E-state index contributed by atoms with van der Waals surface area (Å²) >= 11 is 5.11. The Morgan fingerprint density at radius 1 is 1.39 bits per heavy atom. The summed E-state index contributed by atoms with van der Waals surface area (Å²) in [6.45, 7) is -0.157. The molecule has 0 spiro atoms. The molecule has 18 heavy (non-hydrogen) atoms. The molecule has 1 aliphatic rings. The van der Waals surface area contributed by atoms with Crippen LogP contribution in [0.2, 0.25) is 0 Å². The van der Waals surface area contributed by atoms with Gasteiger partial charge in [0.05, 0.1) is 27.7 Å². The Bertz CT molecular complexity index is 366. The van der Waals surface area contributed by atoms with Gasteiger partial charge in [-0.25, -0.2) is 4.98 Å². The molecule has 0 saturated heterocycles. The molecule has 0 bridgehead atoms. The maximum atomic E-state index is 9.74.